The van der Waals surface area contributed by atoms with Gasteiger partial charge in [-0.2, -0.15) is 0 Å². The van der Waals surface area contributed by atoms with Gasteiger partial charge in [0, 0.05) is 0 Å². The van der Waals surface area contributed by atoms with Crippen LogP contribution >= 0.6 is 0 Å². The van der Waals surface area contributed by atoms with Gasteiger partial charge in [-0.25, -0.2) is 4.39 Å². The molecule has 0 aromatic heterocycles. The summed E-state index contributed by atoms with van der Waals surface area (Å²) in [6.45, 7) is 2.18. The van der Waals surface area contributed by atoms with Crippen molar-refractivity contribution in [2.24, 2.45) is 5.92 Å². The molecule has 0 amide bonds. The molecule has 1 saturated carbocycles. The second-order valence-corrected chi connectivity index (χ2v) is 6.32. The molecule has 0 spiro atoms. The molecule has 1 aliphatic rings. The highest BCUT2D eigenvalue weighted by molar-refractivity contribution is 6.58. The molecule has 1 unspecified atom stereocenters. The van der Waals surface area contributed by atoms with Crippen molar-refractivity contribution in [2.75, 3.05) is 0 Å². The molecule has 0 aliphatic heterocycles. The molecule has 116 valence electrons. The normalized spacial score (nSPS) is 25.8. The van der Waals surface area contributed by atoms with Crippen LogP contribution in [0.25, 0.3) is 0 Å². The standard InChI is InChI=1S/C17H26BFO2/c1-2-3-4-5-14-6-7-15(12-17(14)19)13-8-10-16(11-9-13)18(20)21/h8-11,14-15,17,20-21H,2-7,12H2,1H3/t14-,15?,17-/m0/s1. The summed E-state index contributed by atoms with van der Waals surface area (Å²) >= 11 is 0. The average Bonchev–Trinajstić information content (AvgIpc) is 2.49. The average molecular weight is 292 g/mol. The fourth-order valence-corrected chi connectivity index (χ4v) is 3.40. The first-order valence-electron chi connectivity index (χ1n) is 8.22. The summed E-state index contributed by atoms with van der Waals surface area (Å²) < 4.78 is 14.3. The maximum Gasteiger partial charge on any atom is 0.488 e. The molecule has 1 aliphatic carbocycles. The van der Waals surface area contributed by atoms with Crippen LogP contribution in [0.1, 0.15) is 63.4 Å². The number of unbranched alkanes of at least 4 members (excludes halogenated alkanes) is 2. The Morgan fingerprint density at radius 1 is 1.14 bits per heavy atom. The molecule has 2 N–H and O–H groups in total. The molecular formula is C17H26BFO2. The highest BCUT2D eigenvalue weighted by atomic mass is 19.1. The van der Waals surface area contributed by atoms with Crippen molar-refractivity contribution in [3.63, 3.8) is 0 Å². The highest BCUT2D eigenvalue weighted by Gasteiger charge is 2.30. The van der Waals surface area contributed by atoms with Gasteiger partial charge in [-0.3, -0.25) is 0 Å². The summed E-state index contributed by atoms with van der Waals surface area (Å²) in [4.78, 5) is 0. The molecule has 21 heavy (non-hydrogen) atoms. The van der Waals surface area contributed by atoms with Gasteiger partial charge in [0.15, 0.2) is 0 Å². The first kappa shape index (κ1) is 16.5. The number of benzene rings is 1. The molecule has 3 atom stereocenters. The van der Waals surface area contributed by atoms with Gasteiger partial charge in [0.25, 0.3) is 0 Å². The van der Waals surface area contributed by atoms with Crippen molar-refractivity contribution < 1.29 is 14.4 Å². The van der Waals surface area contributed by atoms with E-state index in [4.69, 9.17) is 10.0 Å². The molecule has 2 rings (SSSR count). The second kappa shape index (κ2) is 7.95. The third kappa shape index (κ3) is 4.55. The zero-order valence-corrected chi connectivity index (χ0v) is 12.8. The van der Waals surface area contributed by atoms with E-state index in [1.807, 2.05) is 12.1 Å². The molecule has 2 nitrogen and oxygen atoms in total. The fraction of sp³-hybridized carbons (Fsp3) is 0.647. The SMILES string of the molecule is CCCCC[C@H]1CCC(c2ccc(B(O)O)cc2)C[C@@H]1F. The van der Waals surface area contributed by atoms with Gasteiger partial charge in [-0.1, -0.05) is 50.5 Å². The van der Waals surface area contributed by atoms with Crippen LogP contribution < -0.4 is 5.46 Å². The van der Waals surface area contributed by atoms with Gasteiger partial charge in [-0.05, 0) is 48.5 Å². The van der Waals surface area contributed by atoms with Gasteiger partial charge in [-0.15, -0.1) is 0 Å². The van der Waals surface area contributed by atoms with Crippen molar-refractivity contribution in [1.29, 1.82) is 0 Å². The maximum atomic E-state index is 14.3. The second-order valence-electron chi connectivity index (χ2n) is 6.32. The van der Waals surface area contributed by atoms with E-state index in [-0.39, 0.29) is 11.8 Å². The topological polar surface area (TPSA) is 40.5 Å². The van der Waals surface area contributed by atoms with Crippen LogP contribution in [0.2, 0.25) is 0 Å². The summed E-state index contributed by atoms with van der Waals surface area (Å²) in [7, 11) is -1.43. The molecule has 4 heteroatoms. The Balaban J connectivity index is 1.89. The Labute approximate surface area is 127 Å². The molecule has 0 radical (unpaired) electrons. The van der Waals surface area contributed by atoms with Crippen LogP contribution in [0.3, 0.4) is 0 Å². The Kier molecular flexibility index (Phi) is 6.25. The molecule has 0 saturated heterocycles. The third-order valence-electron chi connectivity index (χ3n) is 4.79. The zero-order chi connectivity index (χ0) is 15.2. The molecule has 1 fully saturated rings. The Hall–Kier alpha value is -0.865. The van der Waals surface area contributed by atoms with E-state index in [9.17, 15) is 4.39 Å². The number of halogens is 1. The minimum absolute atomic E-state index is 0.242. The largest absolute Gasteiger partial charge is 0.488 e. The van der Waals surface area contributed by atoms with Crippen LogP contribution in [-0.4, -0.2) is 23.3 Å². The van der Waals surface area contributed by atoms with E-state index in [1.165, 1.54) is 12.8 Å². The predicted octanol–water partition coefficient (Wildman–Crippen LogP) is 3.17. The first-order valence-corrected chi connectivity index (χ1v) is 8.22. The van der Waals surface area contributed by atoms with Crippen LogP contribution in [0.4, 0.5) is 4.39 Å². The van der Waals surface area contributed by atoms with Gasteiger partial charge in [0.05, 0.1) is 0 Å². The van der Waals surface area contributed by atoms with Crippen molar-refractivity contribution in [1.82, 2.24) is 0 Å². The van der Waals surface area contributed by atoms with E-state index >= 15 is 0 Å². The van der Waals surface area contributed by atoms with Crippen molar-refractivity contribution in [2.45, 2.75) is 64.0 Å². The van der Waals surface area contributed by atoms with E-state index in [2.05, 4.69) is 6.92 Å². The van der Waals surface area contributed by atoms with E-state index in [1.54, 1.807) is 12.1 Å². The van der Waals surface area contributed by atoms with Gasteiger partial charge < -0.3 is 10.0 Å². The lowest BCUT2D eigenvalue weighted by Crippen LogP contribution is -2.30. The summed E-state index contributed by atoms with van der Waals surface area (Å²) in [5.41, 5.74) is 1.61. The number of alkyl halides is 1. The van der Waals surface area contributed by atoms with E-state index in [0.717, 1.165) is 31.2 Å². The Morgan fingerprint density at radius 2 is 1.86 bits per heavy atom. The molecule has 1 aromatic rings. The molecular weight excluding hydrogens is 266 g/mol. The summed E-state index contributed by atoms with van der Waals surface area (Å²) in [6, 6.07) is 7.26. The van der Waals surface area contributed by atoms with E-state index < -0.39 is 13.3 Å². The minimum Gasteiger partial charge on any atom is -0.423 e. The van der Waals surface area contributed by atoms with Crippen LogP contribution in [-0.2, 0) is 0 Å². The summed E-state index contributed by atoms with van der Waals surface area (Å²) in [6.07, 6.45) is 6.50. The van der Waals surface area contributed by atoms with Crippen LogP contribution in [0.5, 0.6) is 0 Å². The Bertz CT molecular complexity index is 421. The number of hydrogen-bond acceptors (Lipinski definition) is 2. The summed E-state index contributed by atoms with van der Waals surface area (Å²) in [5, 5.41) is 18.2. The molecule has 1 aromatic carbocycles. The van der Waals surface area contributed by atoms with Crippen molar-refractivity contribution >= 4 is 12.6 Å². The highest BCUT2D eigenvalue weighted by Crippen LogP contribution is 2.39. The van der Waals surface area contributed by atoms with Gasteiger partial charge in [0.1, 0.15) is 6.17 Å². The fourth-order valence-electron chi connectivity index (χ4n) is 3.40. The van der Waals surface area contributed by atoms with Crippen molar-refractivity contribution in [3.8, 4) is 0 Å². The van der Waals surface area contributed by atoms with Gasteiger partial charge in [0.2, 0.25) is 0 Å². The van der Waals surface area contributed by atoms with Gasteiger partial charge >= 0.3 is 7.12 Å². The zero-order valence-electron chi connectivity index (χ0n) is 12.8. The predicted molar refractivity (Wildman–Crippen MR) is 85.4 cm³/mol. The van der Waals surface area contributed by atoms with Crippen molar-refractivity contribution in [3.05, 3.63) is 29.8 Å². The number of hydrogen-bond donors (Lipinski definition) is 2. The van der Waals surface area contributed by atoms with E-state index in [0.29, 0.717) is 11.9 Å². The Morgan fingerprint density at radius 3 is 2.43 bits per heavy atom. The number of rotatable bonds is 6. The molecule has 0 heterocycles. The summed E-state index contributed by atoms with van der Waals surface area (Å²) in [5.74, 6) is 0.513. The smallest absolute Gasteiger partial charge is 0.423 e. The lowest BCUT2D eigenvalue weighted by Gasteiger charge is -2.32. The van der Waals surface area contributed by atoms with Crippen LogP contribution in [0.15, 0.2) is 24.3 Å². The monoisotopic (exact) mass is 292 g/mol. The lowest BCUT2D eigenvalue weighted by molar-refractivity contribution is 0.141. The lowest BCUT2D eigenvalue weighted by atomic mass is 9.74. The minimum atomic E-state index is -1.43. The third-order valence-corrected chi connectivity index (χ3v) is 4.79. The maximum absolute atomic E-state index is 14.3. The first-order chi connectivity index (χ1) is 10.1. The molecule has 0 bridgehead atoms. The quantitative estimate of drug-likeness (QED) is 0.624. The van der Waals surface area contributed by atoms with Crippen LogP contribution in [0, 0.1) is 5.92 Å².